The highest BCUT2D eigenvalue weighted by molar-refractivity contribution is 7.88. The van der Waals surface area contributed by atoms with Crippen molar-refractivity contribution in [2.45, 2.75) is 12.3 Å². The highest BCUT2D eigenvalue weighted by Gasteiger charge is 2.10. The first-order chi connectivity index (χ1) is 6.42. The third-order valence-electron chi connectivity index (χ3n) is 1.70. The van der Waals surface area contributed by atoms with Gasteiger partial charge >= 0.3 is 0 Å². The molecule has 78 valence electrons. The summed E-state index contributed by atoms with van der Waals surface area (Å²) in [5, 5.41) is 4.80. The molecule has 1 rings (SSSR count). The van der Waals surface area contributed by atoms with Crippen LogP contribution in [0, 0.1) is 5.82 Å². The highest BCUT2D eigenvalue weighted by atomic mass is 32.2. The zero-order chi connectivity index (χ0) is 10.8. The number of rotatable bonds is 3. The Labute approximate surface area is 81.8 Å². The van der Waals surface area contributed by atoms with Crippen molar-refractivity contribution in [1.29, 1.82) is 0 Å². The molecule has 0 aliphatic rings. The van der Waals surface area contributed by atoms with Crippen LogP contribution >= 0.6 is 0 Å². The molecule has 6 heteroatoms. The molecule has 0 saturated carbocycles. The van der Waals surface area contributed by atoms with Gasteiger partial charge in [-0.05, 0) is 11.6 Å². The van der Waals surface area contributed by atoms with Crippen LogP contribution in [-0.2, 0) is 22.3 Å². The Bertz CT molecular complexity index is 431. The monoisotopic (exact) mass is 218 g/mol. The average molecular weight is 218 g/mol. The maximum absolute atomic E-state index is 13.1. The van der Waals surface area contributed by atoms with E-state index >= 15 is 0 Å². The summed E-state index contributed by atoms with van der Waals surface area (Å²) in [6, 6.07) is 4.09. The summed E-state index contributed by atoms with van der Waals surface area (Å²) >= 11 is 0. The van der Waals surface area contributed by atoms with Gasteiger partial charge in [-0.1, -0.05) is 12.1 Å². The van der Waals surface area contributed by atoms with E-state index in [4.69, 9.17) is 10.9 Å². The second-order valence-electron chi connectivity index (χ2n) is 2.94. The van der Waals surface area contributed by atoms with Gasteiger partial charge in [0.05, 0.1) is 5.75 Å². The Hall–Kier alpha value is -0.980. The molecule has 14 heavy (non-hydrogen) atoms. The fourth-order valence-corrected chi connectivity index (χ4v) is 1.74. The second-order valence-corrected chi connectivity index (χ2v) is 4.55. The molecule has 1 aromatic rings. The molecule has 0 aromatic heterocycles. The Balaban J connectivity index is 3.07. The number of sulfonamides is 1. The summed E-state index contributed by atoms with van der Waals surface area (Å²) in [5.74, 6) is -1.09. The van der Waals surface area contributed by atoms with Crippen LogP contribution in [0.2, 0.25) is 0 Å². The first kappa shape index (κ1) is 11.1. The highest BCUT2D eigenvalue weighted by Crippen LogP contribution is 2.12. The van der Waals surface area contributed by atoms with Gasteiger partial charge in [-0.3, -0.25) is 0 Å². The number of primary sulfonamides is 1. The Morgan fingerprint density at radius 3 is 2.50 bits per heavy atom. The smallest absolute Gasteiger partial charge is 0.213 e. The van der Waals surface area contributed by atoms with E-state index in [9.17, 15) is 12.8 Å². The maximum Gasteiger partial charge on any atom is 0.213 e. The van der Waals surface area contributed by atoms with Gasteiger partial charge in [0, 0.05) is 12.1 Å². The summed E-state index contributed by atoms with van der Waals surface area (Å²) in [7, 11) is -3.71. The summed E-state index contributed by atoms with van der Waals surface area (Å²) in [6.07, 6.45) is 0. The van der Waals surface area contributed by atoms with Gasteiger partial charge in [0.1, 0.15) is 5.82 Å². The Kier molecular flexibility index (Phi) is 3.20. The van der Waals surface area contributed by atoms with Crippen LogP contribution in [0.25, 0.3) is 0 Å². The quantitative estimate of drug-likeness (QED) is 0.752. The largest absolute Gasteiger partial charge is 0.326 e. The SMILES string of the molecule is NCc1ccc(F)c(CS(N)(=O)=O)c1. The molecule has 0 radical (unpaired) electrons. The summed E-state index contributed by atoms with van der Waals surface area (Å²) in [4.78, 5) is 0. The minimum Gasteiger partial charge on any atom is -0.326 e. The van der Waals surface area contributed by atoms with Gasteiger partial charge in [0.15, 0.2) is 0 Å². The van der Waals surface area contributed by atoms with Gasteiger partial charge < -0.3 is 5.73 Å². The number of benzene rings is 1. The Morgan fingerprint density at radius 2 is 2.00 bits per heavy atom. The van der Waals surface area contributed by atoms with E-state index in [1.807, 2.05) is 0 Å². The molecule has 4 nitrogen and oxygen atoms in total. The molecule has 4 N–H and O–H groups in total. The lowest BCUT2D eigenvalue weighted by atomic mass is 10.1. The molecule has 0 bridgehead atoms. The van der Waals surface area contributed by atoms with Crippen LogP contribution < -0.4 is 10.9 Å². The normalized spacial score (nSPS) is 11.6. The molecule has 1 aromatic carbocycles. The standard InChI is InChI=1S/C8H11FN2O2S/c9-8-2-1-6(4-10)3-7(8)5-14(11,12)13/h1-3H,4-5,10H2,(H2,11,12,13). The van der Waals surface area contributed by atoms with E-state index in [1.165, 1.54) is 18.2 Å². The molecule has 0 amide bonds. The zero-order valence-corrected chi connectivity index (χ0v) is 8.22. The first-order valence-corrected chi connectivity index (χ1v) is 5.62. The topological polar surface area (TPSA) is 86.2 Å². The van der Waals surface area contributed by atoms with Crippen molar-refractivity contribution in [3.8, 4) is 0 Å². The van der Waals surface area contributed by atoms with Crippen molar-refractivity contribution >= 4 is 10.0 Å². The molecule has 0 heterocycles. The molecule has 0 saturated heterocycles. The van der Waals surface area contributed by atoms with Crippen LogP contribution in [0.15, 0.2) is 18.2 Å². The van der Waals surface area contributed by atoms with E-state index < -0.39 is 21.6 Å². The predicted octanol–water partition coefficient (Wildman–Crippen LogP) is 0.0729. The van der Waals surface area contributed by atoms with E-state index in [0.717, 1.165) is 0 Å². The molecular weight excluding hydrogens is 207 g/mol. The van der Waals surface area contributed by atoms with Gasteiger partial charge in [-0.25, -0.2) is 17.9 Å². The fourth-order valence-electron chi connectivity index (χ4n) is 1.08. The van der Waals surface area contributed by atoms with Gasteiger partial charge in [-0.2, -0.15) is 0 Å². The van der Waals surface area contributed by atoms with E-state index in [2.05, 4.69) is 0 Å². The number of hydrogen-bond donors (Lipinski definition) is 2. The van der Waals surface area contributed by atoms with Crippen LogP contribution in [0.5, 0.6) is 0 Å². The van der Waals surface area contributed by atoms with Crippen molar-refractivity contribution in [3.05, 3.63) is 35.1 Å². The molecule has 0 aliphatic heterocycles. The van der Waals surface area contributed by atoms with Gasteiger partial charge in [0.2, 0.25) is 10.0 Å². The summed E-state index contributed by atoms with van der Waals surface area (Å²) < 4.78 is 34.5. The molecule has 0 fully saturated rings. The van der Waals surface area contributed by atoms with Crippen molar-refractivity contribution in [2.24, 2.45) is 10.9 Å². The number of hydrogen-bond acceptors (Lipinski definition) is 3. The van der Waals surface area contributed by atoms with Crippen LogP contribution in [-0.4, -0.2) is 8.42 Å². The van der Waals surface area contributed by atoms with E-state index in [-0.39, 0.29) is 12.1 Å². The lowest BCUT2D eigenvalue weighted by Crippen LogP contribution is -2.15. The lowest BCUT2D eigenvalue weighted by Gasteiger charge is -2.03. The zero-order valence-electron chi connectivity index (χ0n) is 7.40. The Morgan fingerprint density at radius 1 is 1.36 bits per heavy atom. The third-order valence-corrected chi connectivity index (χ3v) is 2.42. The van der Waals surface area contributed by atoms with E-state index in [1.54, 1.807) is 0 Å². The third kappa shape index (κ3) is 3.06. The number of nitrogens with two attached hydrogens (primary N) is 2. The molecule has 0 unspecified atom stereocenters. The lowest BCUT2D eigenvalue weighted by molar-refractivity contribution is 0.588. The maximum atomic E-state index is 13.1. The fraction of sp³-hybridized carbons (Fsp3) is 0.250. The predicted molar refractivity (Wildman–Crippen MR) is 51.1 cm³/mol. The minimum absolute atomic E-state index is 0.0513. The molecule has 0 atom stereocenters. The van der Waals surface area contributed by atoms with Gasteiger partial charge in [0.25, 0.3) is 0 Å². The van der Waals surface area contributed by atoms with Crippen LogP contribution in [0.4, 0.5) is 4.39 Å². The molecule has 0 aliphatic carbocycles. The second kappa shape index (κ2) is 4.04. The van der Waals surface area contributed by atoms with Crippen molar-refractivity contribution in [1.82, 2.24) is 0 Å². The molecular formula is C8H11FN2O2S. The summed E-state index contributed by atoms with van der Waals surface area (Å²) in [6.45, 7) is 0.234. The number of halogens is 1. The average Bonchev–Trinajstić information content (AvgIpc) is 2.06. The van der Waals surface area contributed by atoms with E-state index in [0.29, 0.717) is 5.56 Å². The van der Waals surface area contributed by atoms with Crippen LogP contribution in [0.1, 0.15) is 11.1 Å². The summed E-state index contributed by atoms with van der Waals surface area (Å²) in [5.41, 5.74) is 6.05. The molecule has 0 spiro atoms. The minimum atomic E-state index is -3.71. The van der Waals surface area contributed by atoms with Crippen LogP contribution in [0.3, 0.4) is 0 Å². The van der Waals surface area contributed by atoms with Crippen molar-refractivity contribution in [2.75, 3.05) is 0 Å². The van der Waals surface area contributed by atoms with Crippen molar-refractivity contribution in [3.63, 3.8) is 0 Å². The van der Waals surface area contributed by atoms with Gasteiger partial charge in [-0.15, -0.1) is 0 Å². The first-order valence-electron chi connectivity index (χ1n) is 3.90. The van der Waals surface area contributed by atoms with Crippen molar-refractivity contribution < 1.29 is 12.8 Å².